The van der Waals surface area contributed by atoms with E-state index >= 15 is 0 Å². The first-order valence-electron chi connectivity index (χ1n) is 8.59. The Morgan fingerprint density at radius 2 is 1.73 bits per heavy atom. The van der Waals surface area contributed by atoms with Crippen molar-refractivity contribution in [2.24, 2.45) is 0 Å². The minimum Gasteiger partial charge on any atom is -0.497 e. The summed E-state index contributed by atoms with van der Waals surface area (Å²) < 4.78 is 10.6. The molecule has 0 aromatic heterocycles. The number of carbonyl (C=O) groups is 2. The molecule has 1 aliphatic rings. The lowest BCUT2D eigenvalue weighted by Gasteiger charge is -2.57. The van der Waals surface area contributed by atoms with Crippen molar-refractivity contribution in [1.82, 2.24) is 4.90 Å². The van der Waals surface area contributed by atoms with Crippen LogP contribution in [0.25, 0.3) is 0 Å². The molecular formula is C21H23NO4. The number of β-lactam (4-membered cyclic amide) rings is 1. The molecule has 0 radical (unpaired) electrons. The van der Waals surface area contributed by atoms with Crippen molar-refractivity contribution in [3.8, 4) is 5.75 Å². The summed E-state index contributed by atoms with van der Waals surface area (Å²) in [4.78, 5) is 26.2. The summed E-state index contributed by atoms with van der Waals surface area (Å²) in [5.41, 5.74) is 1.21. The summed E-state index contributed by atoms with van der Waals surface area (Å²) in [7, 11) is 1.62. The predicted molar refractivity (Wildman–Crippen MR) is 97.6 cm³/mol. The third kappa shape index (κ3) is 2.83. The van der Waals surface area contributed by atoms with Gasteiger partial charge in [0.15, 0.2) is 0 Å². The maximum Gasteiger partial charge on any atom is 0.303 e. The van der Waals surface area contributed by atoms with E-state index in [2.05, 4.69) is 0 Å². The van der Waals surface area contributed by atoms with E-state index in [-0.39, 0.29) is 11.9 Å². The van der Waals surface area contributed by atoms with Crippen molar-refractivity contribution in [3.05, 3.63) is 65.7 Å². The minimum absolute atomic E-state index is 0.176. The highest BCUT2D eigenvalue weighted by atomic mass is 16.6. The molecule has 0 saturated carbocycles. The molecule has 1 amide bonds. The second kappa shape index (κ2) is 6.83. The molecule has 3 atom stereocenters. The van der Waals surface area contributed by atoms with Crippen molar-refractivity contribution in [2.45, 2.75) is 38.5 Å². The lowest BCUT2D eigenvalue weighted by Crippen LogP contribution is -2.72. The topological polar surface area (TPSA) is 55.8 Å². The maximum atomic E-state index is 12.8. The molecular weight excluding hydrogens is 330 g/mol. The number of esters is 1. The number of methoxy groups -OCH3 is 1. The highest BCUT2D eigenvalue weighted by Crippen LogP contribution is 2.48. The first kappa shape index (κ1) is 18.0. The van der Waals surface area contributed by atoms with Crippen LogP contribution in [0.5, 0.6) is 5.75 Å². The second-order valence-electron chi connectivity index (χ2n) is 6.66. The van der Waals surface area contributed by atoms with E-state index in [1.807, 2.05) is 68.4 Å². The smallest absolute Gasteiger partial charge is 0.303 e. The molecule has 0 unspecified atom stereocenters. The van der Waals surface area contributed by atoms with Crippen LogP contribution in [0, 0.1) is 0 Å². The number of hydrogen-bond acceptors (Lipinski definition) is 4. The van der Waals surface area contributed by atoms with Gasteiger partial charge in [-0.3, -0.25) is 9.59 Å². The Labute approximate surface area is 153 Å². The van der Waals surface area contributed by atoms with Gasteiger partial charge in [-0.1, -0.05) is 42.5 Å². The molecule has 0 aliphatic carbocycles. The number of likely N-dealkylation sites (tertiary alicyclic amines) is 1. The maximum absolute atomic E-state index is 12.8. The number of carbonyl (C=O) groups excluding carboxylic acids is 2. The third-order valence-electron chi connectivity index (χ3n) is 5.10. The fourth-order valence-corrected chi connectivity index (χ4v) is 3.68. The molecule has 0 spiro atoms. The van der Waals surface area contributed by atoms with Gasteiger partial charge in [-0.15, -0.1) is 0 Å². The fraction of sp³-hybridized carbons (Fsp3) is 0.333. The number of benzene rings is 2. The number of hydrogen-bond donors (Lipinski definition) is 0. The van der Waals surface area contributed by atoms with Crippen LogP contribution in [0.2, 0.25) is 0 Å². The third-order valence-corrected chi connectivity index (χ3v) is 5.10. The monoisotopic (exact) mass is 353 g/mol. The first-order valence-corrected chi connectivity index (χ1v) is 8.59. The molecule has 5 heteroatoms. The van der Waals surface area contributed by atoms with Crippen molar-refractivity contribution in [1.29, 1.82) is 0 Å². The molecule has 26 heavy (non-hydrogen) atoms. The van der Waals surface area contributed by atoms with Crippen LogP contribution < -0.4 is 4.74 Å². The Bertz CT molecular complexity index is 803. The lowest BCUT2D eigenvalue weighted by atomic mass is 9.74. The van der Waals surface area contributed by atoms with Gasteiger partial charge in [0.25, 0.3) is 5.91 Å². The molecule has 1 aliphatic heterocycles. The molecule has 1 heterocycles. The Balaban J connectivity index is 1.98. The Hall–Kier alpha value is -2.82. The highest BCUT2D eigenvalue weighted by Gasteiger charge is 2.61. The zero-order chi connectivity index (χ0) is 18.9. The van der Waals surface area contributed by atoms with Gasteiger partial charge < -0.3 is 14.4 Å². The summed E-state index contributed by atoms with van der Waals surface area (Å²) in [6, 6.07) is 17.1. The Morgan fingerprint density at radius 1 is 1.12 bits per heavy atom. The van der Waals surface area contributed by atoms with Gasteiger partial charge in [0.05, 0.1) is 13.2 Å². The van der Waals surface area contributed by atoms with Crippen molar-refractivity contribution in [2.75, 3.05) is 7.11 Å². The molecule has 136 valence electrons. The molecule has 3 rings (SSSR count). The van der Waals surface area contributed by atoms with Crippen LogP contribution in [0.4, 0.5) is 0 Å². The van der Waals surface area contributed by atoms with Gasteiger partial charge in [-0.25, -0.2) is 0 Å². The normalized spacial score (nSPS) is 23.2. The number of rotatable bonds is 5. The fourth-order valence-electron chi connectivity index (χ4n) is 3.68. The van der Waals surface area contributed by atoms with E-state index in [0.29, 0.717) is 0 Å². The van der Waals surface area contributed by atoms with E-state index in [1.54, 1.807) is 12.0 Å². The van der Waals surface area contributed by atoms with Crippen LogP contribution in [0.15, 0.2) is 54.6 Å². The average Bonchev–Trinajstić information content (AvgIpc) is 2.66. The molecule has 2 aromatic carbocycles. The summed E-state index contributed by atoms with van der Waals surface area (Å²) in [6.07, 6.45) is -0.817. The number of nitrogens with zero attached hydrogens (tertiary/aromatic N) is 1. The average molecular weight is 353 g/mol. The second-order valence-corrected chi connectivity index (χ2v) is 6.66. The lowest BCUT2D eigenvalue weighted by molar-refractivity contribution is -0.204. The quantitative estimate of drug-likeness (QED) is 0.610. The summed E-state index contributed by atoms with van der Waals surface area (Å²) in [6.45, 7) is 5.25. The van der Waals surface area contributed by atoms with Crippen LogP contribution in [-0.2, 0) is 19.9 Å². The van der Waals surface area contributed by atoms with Crippen LogP contribution in [0.3, 0.4) is 0 Å². The van der Waals surface area contributed by atoms with E-state index in [0.717, 1.165) is 16.9 Å². The standard InChI is InChI=1S/C21H23NO4/c1-14(16-10-12-18(25-4)13-11-16)22-20(24)19(26-15(2)23)21(22,3)17-8-6-5-7-9-17/h5-14,19H,1-4H3/t14-,19-,21-/m0/s1. The molecule has 0 bridgehead atoms. The zero-order valence-electron chi connectivity index (χ0n) is 15.4. The summed E-state index contributed by atoms with van der Waals surface area (Å²) in [5, 5.41) is 0. The van der Waals surface area contributed by atoms with E-state index < -0.39 is 17.6 Å². The van der Waals surface area contributed by atoms with E-state index in [4.69, 9.17) is 9.47 Å². The molecule has 1 saturated heterocycles. The van der Waals surface area contributed by atoms with Gasteiger partial charge in [-0.2, -0.15) is 0 Å². The van der Waals surface area contributed by atoms with Gasteiger partial charge in [0.2, 0.25) is 6.10 Å². The van der Waals surface area contributed by atoms with E-state index in [9.17, 15) is 9.59 Å². The largest absolute Gasteiger partial charge is 0.497 e. The van der Waals surface area contributed by atoms with Crippen molar-refractivity contribution >= 4 is 11.9 Å². The molecule has 0 N–H and O–H groups in total. The van der Waals surface area contributed by atoms with Gasteiger partial charge in [0.1, 0.15) is 11.3 Å². The molecule has 1 fully saturated rings. The van der Waals surface area contributed by atoms with Gasteiger partial charge in [0, 0.05) is 6.92 Å². The SMILES string of the molecule is COc1ccc([C@H](C)N2C(=O)[C@H](OC(C)=O)[C@]2(C)c2ccccc2)cc1. The first-order chi connectivity index (χ1) is 12.4. The van der Waals surface area contributed by atoms with Gasteiger partial charge in [-0.05, 0) is 37.1 Å². The van der Waals surface area contributed by atoms with Crippen LogP contribution >= 0.6 is 0 Å². The summed E-state index contributed by atoms with van der Waals surface area (Å²) >= 11 is 0. The van der Waals surface area contributed by atoms with Crippen molar-refractivity contribution < 1.29 is 19.1 Å². The van der Waals surface area contributed by atoms with E-state index in [1.165, 1.54) is 6.92 Å². The Morgan fingerprint density at radius 3 is 2.27 bits per heavy atom. The Kier molecular flexibility index (Phi) is 4.72. The molecule has 5 nitrogen and oxygen atoms in total. The highest BCUT2D eigenvalue weighted by molar-refractivity contribution is 5.93. The minimum atomic E-state index is -0.817. The summed E-state index contributed by atoms with van der Waals surface area (Å²) in [5.74, 6) is 0.122. The van der Waals surface area contributed by atoms with Crippen molar-refractivity contribution in [3.63, 3.8) is 0 Å². The predicted octanol–water partition coefficient (Wildman–Crippen LogP) is 3.45. The molecule has 2 aromatic rings. The number of amides is 1. The van der Waals surface area contributed by atoms with Crippen LogP contribution in [0.1, 0.15) is 37.9 Å². The van der Waals surface area contributed by atoms with Crippen LogP contribution in [-0.4, -0.2) is 30.0 Å². The zero-order valence-corrected chi connectivity index (χ0v) is 15.4. The number of ether oxygens (including phenoxy) is 2. The van der Waals surface area contributed by atoms with Gasteiger partial charge >= 0.3 is 5.97 Å².